The Balaban J connectivity index is 0.000000270. The lowest BCUT2D eigenvalue weighted by molar-refractivity contribution is -0.138. The number of nitrogens with zero attached hydrogens (tertiary/aromatic N) is 1. The number of hydrogen-bond acceptors (Lipinski definition) is 5. The Kier molecular flexibility index (Phi) is 11.0. The van der Waals surface area contributed by atoms with Crippen LogP contribution < -0.4 is 11.5 Å². The molecule has 0 unspecified atom stereocenters. The fraction of sp³-hybridized carbons (Fsp3) is 0.174. The number of pyridine rings is 1. The number of carbonyl (C=O) groups is 2. The number of nitrogens with two attached hydrogens (primary N) is 2. The third kappa shape index (κ3) is 10.1. The number of aromatic nitrogens is 1. The Bertz CT molecular complexity index is 1080. The van der Waals surface area contributed by atoms with Crippen LogP contribution in [0.15, 0.2) is 66.9 Å². The van der Waals surface area contributed by atoms with Crippen molar-refractivity contribution in [3.05, 3.63) is 100 Å². The second-order valence-electron chi connectivity index (χ2n) is 6.84. The zero-order valence-electron chi connectivity index (χ0n) is 18.3. The smallest absolute Gasteiger partial charge is 0.416 e. The van der Waals surface area contributed by atoms with Crippen molar-refractivity contribution >= 4 is 11.9 Å². The number of hydrogen-bond donors (Lipinski definition) is 4. The summed E-state index contributed by atoms with van der Waals surface area (Å²) in [6.45, 7) is 0.258. The number of rotatable bonds is 4. The maximum absolute atomic E-state index is 12.1. The highest BCUT2D eigenvalue weighted by Gasteiger charge is 2.30. The van der Waals surface area contributed by atoms with Gasteiger partial charge in [-0.05, 0) is 35.4 Å². The predicted molar refractivity (Wildman–Crippen MR) is 117 cm³/mol. The van der Waals surface area contributed by atoms with Gasteiger partial charge in [-0.25, -0.2) is 14.6 Å². The number of halogens is 6. The van der Waals surface area contributed by atoms with Gasteiger partial charge in [-0.3, -0.25) is 0 Å². The zero-order chi connectivity index (χ0) is 27.5. The molecular weight excluding hydrogens is 496 g/mol. The molecule has 0 atom stereocenters. The number of carboxylic acids is 2. The normalized spacial score (nSPS) is 10.9. The molecule has 0 bridgehead atoms. The molecular formula is C23H21F6N3O4. The third-order valence-electron chi connectivity index (χ3n) is 4.21. The quantitative estimate of drug-likeness (QED) is 0.364. The van der Waals surface area contributed by atoms with E-state index in [4.69, 9.17) is 21.7 Å². The van der Waals surface area contributed by atoms with E-state index >= 15 is 0 Å². The van der Waals surface area contributed by atoms with Gasteiger partial charge >= 0.3 is 24.3 Å². The molecule has 0 saturated heterocycles. The van der Waals surface area contributed by atoms with Crippen LogP contribution in [0.3, 0.4) is 0 Å². The van der Waals surface area contributed by atoms with Crippen LogP contribution in [0.25, 0.3) is 0 Å². The van der Waals surface area contributed by atoms with Crippen LogP contribution in [0.2, 0.25) is 0 Å². The molecule has 0 aliphatic rings. The van der Waals surface area contributed by atoms with Crippen molar-refractivity contribution in [3.63, 3.8) is 0 Å². The minimum absolute atomic E-state index is 0.0811. The molecule has 0 saturated carbocycles. The van der Waals surface area contributed by atoms with Crippen LogP contribution in [0.1, 0.15) is 43.1 Å². The second-order valence-corrected chi connectivity index (χ2v) is 6.84. The highest BCUT2D eigenvalue weighted by atomic mass is 19.4. The van der Waals surface area contributed by atoms with Gasteiger partial charge in [0.1, 0.15) is 5.69 Å². The Morgan fingerprint density at radius 3 is 1.50 bits per heavy atom. The molecule has 0 aliphatic carbocycles. The maximum atomic E-state index is 12.1. The first kappa shape index (κ1) is 30.1. The van der Waals surface area contributed by atoms with E-state index in [1.54, 1.807) is 12.1 Å². The molecule has 1 aromatic heterocycles. The molecule has 13 heteroatoms. The van der Waals surface area contributed by atoms with E-state index in [2.05, 4.69) is 4.98 Å². The van der Waals surface area contributed by atoms with Gasteiger partial charge in [0.2, 0.25) is 0 Å². The van der Waals surface area contributed by atoms with Crippen molar-refractivity contribution in [1.82, 2.24) is 4.98 Å². The maximum Gasteiger partial charge on any atom is 0.416 e. The highest BCUT2D eigenvalue weighted by molar-refractivity contribution is 5.92. The van der Waals surface area contributed by atoms with Crippen LogP contribution in [-0.4, -0.2) is 27.1 Å². The van der Waals surface area contributed by atoms with Crippen LogP contribution in [0.5, 0.6) is 0 Å². The van der Waals surface area contributed by atoms with E-state index < -0.39 is 35.4 Å². The largest absolute Gasteiger partial charge is 0.478 e. The fourth-order valence-electron chi connectivity index (χ4n) is 2.43. The van der Waals surface area contributed by atoms with Gasteiger partial charge in [0.25, 0.3) is 0 Å². The van der Waals surface area contributed by atoms with E-state index in [1.807, 2.05) is 0 Å². The van der Waals surface area contributed by atoms with Crippen molar-refractivity contribution in [2.75, 3.05) is 0 Å². The summed E-state index contributed by atoms with van der Waals surface area (Å²) in [7, 11) is 0. The van der Waals surface area contributed by atoms with Crippen LogP contribution in [0.4, 0.5) is 26.3 Å². The summed E-state index contributed by atoms with van der Waals surface area (Å²) < 4.78 is 72.4. The van der Waals surface area contributed by atoms with E-state index in [-0.39, 0.29) is 24.3 Å². The molecule has 36 heavy (non-hydrogen) atoms. The SMILES string of the molecule is NCc1cccc(C(F)(F)F)c1.NCc1cccc(C(F)(F)F)c1.O=C(O)c1ccnc(C(=O)O)c1. The summed E-state index contributed by atoms with van der Waals surface area (Å²) in [4.78, 5) is 24.1. The molecule has 0 fully saturated rings. The first-order valence-corrected chi connectivity index (χ1v) is 9.84. The summed E-state index contributed by atoms with van der Waals surface area (Å²) >= 11 is 0. The summed E-state index contributed by atoms with van der Waals surface area (Å²) in [6, 6.07) is 12.2. The Morgan fingerprint density at radius 2 is 1.17 bits per heavy atom. The number of benzene rings is 2. The number of aromatic carboxylic acids is 2. The predicted octanol–water partition coefficient (Wildman–Crippen LogP) is 4.81. The summed E-state index contributed by atoms with van der Waals surface area (Å²) in [5, 5.41) is 16.9. The molecule has 0 radical (unpaired) electrons. The summed E-state index contributed by atoms with van der Waals surface area (Å²) in [6.07, 6.45) is -7.40. The molecule has 6 N–H and O–H groups in total. The van der Waals surface area contributed by atoms with Gasteiger partial charge in [-0.1, -0.05) is 36.4 Å². The molecule has 0 amide bonds. The first-order valence-electron chi connectivity index (χ1n) is 9.84. The minimum atomic E-state index is -4.27. The minimum Gasteiger partial charge on any atom is -0.478 e. The number of carboxylic acid groups (broad SMARTS) is 2. The first-order chi connectivity index (χ1) is 16.7. The average Bonchev–Trinajstić information content (AvgIpc) is 2.84. The Labute approximate surface area is 201 Å². The molecule has 3 rings (SSSR count). The van der Waals surface area contributed by atoms with E-state index in [1.165, 1.54) is 18.2 Å². The standard InChI is InChI=1S/2C8H8F3N.C7H5NO4/c2*9-8(10,11)7-3-1-2-6(4-7)5-12;9-6(10)4-1-2-8-5(3-4)7(11)12/h2*1-4H,5,12H2;1-3H,(H,9,10)(H,11,12). The summed E-state index contributed by atoms with van der Waals surface area (Å²) in [5.74, 6) is -2.40. The van der Waals surface area contributed by atoms with Gasteiger partial charge in [0.05, 0.1) is 16.7 Å². The van der Waals surface area contributed by atoms with E-state index in [9.17, 15) is 35.9 Å². The van der Waals surface area contributed by atoms with E-state index in [0.717, 1.165) is 36.5 Å². The Morgan fingerprint density at radius 1 is 0.722 bits per heavy atom. The van der Waals surface area contributed by atoms with Gasteiger partial charge < -0.3 is 21.7 Å². The fourth-order valence-corrected chi connectivity index (χ4v) is 2.43. The molecule has 2 aromatic carbocycles. The van der Waals surface area contributed by atoms with Gasteiger partial charge in [-0.2, -0.15) is 26.3 Å². The molecule has 1 heterocycles. The zero-order valence-corrected chi connectivity index (χ0v) is 18.3. The van der Waals surface area contributed by atoms with Crippen LogP contribution >= 0.6 is 0 Å². The lowest BCUT2D eigenvalue weighted by atomic mass is 10.1. The number of alkyl halides is 6. The van der Waals surface area contributed by atoms with E-state index in [0.29, 0.717) is 11.1 Å². The highest BCUT2D eigenvalue weighted by Crippen LogP contribution is 2.30. The topological polar surface area (TPSA) is 140 Å². The molecule has 0 aliphatic heterocycles. The van der Waals surface area contributed by atoms with Gasteiger partial charge in [-0.15, -0.1) is 0 Å². The lowest BCUT2D eigenvalue weighted by Crippen LogP contribution is -2.06. The average molecular weight is 517 g/mol. The Hall–Kier alpha value is -3.97. The third-order valence-corrected chi connectivity index (χ3v) is 4.21. The van der Waals surface area contributed by atoms with Crippen molar-refractivity contribution in [3.8, 4) is 0 Å². The molecule has 7 nitrogen and oxygen atoms in total. The van der Waals surface area contributed by atoms with Crippen molar-refractivity contribution in [1.29, 1.82) is 0 Å². The van der Waals surface area contributed by atoms with Crippen LogP contribution in [-0.2, 0) is 25.4 Å². The second kappa shape index (κ2) is 13.2. The van der Waals surface area contributed by atoms with Crippen molar-refractivity contribution < 1.29 is 46.1 Å². The molecule has 194 valence electrons. The van der Waals surface area contributed by atoms with Crippen molar-refractivity contribution in [2.45, 2.75) is 25.4 Å². The van der Waals surface area contributed by atoms with Gasteiger partial charge in [0.15, 0.2) is 0 Å². The van der Waals surface area contributed by atoms with Crippen LogP contribution in [0, 0.1) is 0 Å². The molecule has 0 spiro atoms. The van der Waals surface area contributed by atoms with Crippen molar-refractivity contribution in [2.24, 2.45) is 11.5 Å². The lowest BCUT2D eigenvalue weighted by Gasteiger charge is -2.06. The molecule has 3 aromatic rings. The van der Waals surface area contributed by atoms with Gasteiger partial charge in [0, 0.05) is 19.3 Å². The monoisotopic (exact) mass is 517 g/mol. The summed E-state index contributed by atoms with van der Waals surface area (Å²) in [5.41, 5.74) is 9.73.